The van der Waals surface area contributed by atoms with Crippen molar-refractivity contribution >= 4 is 17.2 Å². The maximum absolute atomic E-state index is 12.2. The van der Waals surface area contributed by atoms with E-state index in [1.165, 1.54) is 18.4 Å². The Kier molecular flexibility index (Phi) is 5.31. The van der Waals surface area contributed by atoms with Gasteiger partial charge in [-0.15, -0.1) is 0 Å². The smallest absolute Gasteiger partial charge is 0.252 e. The highest BCUT2D eigenvalue weighted by Gasteiger charge is 2.24. The molecule has 1 unspecified atom stereocenters. The number of hydrogen-bond acceptors (Lipinski definition) is 4. The van der Waals surface area contributed by atoms with E-state index in [1.54, 1.807) is 18.4 Å². The van der Waals surface area contributed by atoms with Crippen LogP contribution in [0, 0.1) is 0 Å². The third-order valence-electron chi connectivity index (χ3n) is 4.30. The van der Waals surface area contributed by atoms with Crippen LogP contribution < -0.4 is 10.1 Å². The van der Waals surface area contributed by atoms with Gasteiger partial charge < -0.3 is 10.1 Å². The molecule has 0 bridgehead atoms. The van der Waals surface area contributed by atoms with Crippen LogP contribution in [0.4, 0.5) is 0 Å². The number of benzene rings is 1. The fraction of sp³-hybridized carbons (Fsp3) is 0.389. The monoisotopic (exact) mass is 330 g/mol. The zero-order chi connectivity index (χ0) is 16.1. The van der Waals surface area contributed by atoms with Crippen LogP contribution in [0.2, 0.25) is 0 Å². The zero-order valence-corrected chi connectivity index (χ0v) is 14.1. The Bertz CT molecular complexity index is 636. The summed E-state index contributed by atoms with van der Waals surface area (Å²) in [5.74, 6) is 0.856. The lowest BCUT2D eigenvalue weighted by Gasteiger charge is -2.28. The second kappa shape index (κ2) is 7.62. The molecule has 1 aliphatic heterocycles. The van der Waals surface area contributed by atoms with Crippen LogP contribution in [0.15, 0.2) is 41.1 Å². The van der Waals surface area contributed by atoms with Crippen molar-refractivity contribution in [1.29, 1.82) is 0 Å². The lowest BCUT2D eigenvalue weighted by Crippen LogP contribution is -2.36. The Morgan fingerprint density at radius 2 is 2.17 bits per heavy atom. The van der Waals surface area contributed by atoms with Crippen molar-refractivity contribution in [2.75, 3.05) is 26.7 Å². The zero-order valence-electron chi connectivity index (χ0n) is 13.3. The van der Waals surface area contributed by atoms with Gasteiger partial charge in [-0.25, -0.2) is 0 Å². The van der Waals surface area contributed by atoms with Crippen LogP contribution in [0.5, 0.6) is 5.75 Å². The van der Waals surface area contributed by atoms with Crippen LogP contribution in [0.25, 0.3) is 0 Å². The van der Waals surface area contributed by atoms with Crippen LogP contribution in [0.3, 0.4) is 0 Å². The summed E-state index contributed by atoms with van der Waals surface area (Å²) in [6.07, 6.45) is 2.44. The van der Waals surface area contributed by atoms with Gasteiger partial charge in [-0.1, -0.05) is 12.1 Å². The second-order valence-corrected chi connectivity index (χ2v) is 6.54. The first-order chi connectivity index (χ1) is 11.3. The van der Waals surface area contributed by atoms with Crippen molar-refractivity contribution in [1.82, 2.24) is 10.2 Å². The fourth-order valence-electron chi connectivity index (χ4n) is 3.04. The number of nitrogens with one attached hydrogen (secondary N) is 1. The molecular weight excluding hydrogens is 308 g/mol. The van der Waals surface area contributed by atoms with E-state index < -0.39 is 0 Å². The molecular formula is C18H22N2O2S. The van der Waals surface area contributed by atoms with Gasteiger partial charge in [0.1, 0.15) is 5.75 Å². The summed E-state index contributed by atoms with van der Waals surface area (Å²) < 4.78 is 5.35. The summed E-state index contributed by atoms with van der Waals surface area (Å²) in [4.78, 5) is 14.7. The van der Waals surface area contributed by atoms with Gasteiger partial charge in [-0.2, -0.15) is 11.3 Å². The predicted octanol–water partition coefficient (Wildman–Crippen LogP) is 3.32. The third-order valence-corrected chi connectivity index (χ3v) is 4.98. The van der Waals surface area contributed by atoms with Gasteiger partial charge in [0, 0.05) is 17.5 Å². The van der Waals surface area contributed by atoms with Gasteiger partial charge in [0.25, 0.3) is 5.91 Å². The molecule has 1 atom stereocenters. The van der Waals surface area contributed by atoms with Crippen LogP contribution in [-0.2, 0) is 0 Å². The standard InChI is InChI=1S/C18H22N2O2S/c1-22-16-6-4-5-14(11-16)17(20-8-2-3-9-20)12-19-18(21)15-7-10-23-13-15/h4-7,10-11,13,17H,2-3,8-9,12H2,1H3,(H,19,21). The fourth-order valence-corrected chi connectivity index (χ4v) is 3.68. The van der Waals surface area contributed by atoms with Crippen molar-refractivity contribution in [3.05, 3.63) is 52.2 Å². The molecule has 0 spiro atoms. The molecule has 1 amide bonds. The van der Waals surface area contributed by atoms with Gasteiger partial charge in [0.2, 0.25) is 0 Å². The number of likely N-dealkylation sites (tertiary alicyclic amines) is 1. The van der Waals surface area contributed by atoms with Crippen molar-refractivity contribution in [3.8, 4) is 5.75 Å². The molecule has 1 saturated heterocycles. The third kappa shape index (κ3) is 3.92. The minimum Gasteiger partial charge on any atom is -0.497 e. The van der Waals surface area contributed by atoms with E-state index in [0.29, 0.717) is 6.54 Å². The Morgan fingerprint density at radius 1 is 1.35 bits per heavy atom. The van der Waals surface area contributed by atoms with Gasteiger partial charge in [0.05, 0.1) is 13.2 Å². The van der Waals surface area contributed by atoms with Gasteiger partial charge in [0.15, 0.2) is 0 Å². The van der Waals surface area contributed by atoms with Crippen LogP contribution in [-0.4, -0.2) is 37.6 Å². The SMILES string of the molecule is COc1cccc(C(CNC(=O)c2ccsc2)N2CCCC2)c1. The summed E-state index contributed by atoms with van der Waals surface area (Å²) in [6, 6.07) is 10.2. The van der Waals surface area contributed by atoms with E-state index in [2.05, 4.69) is 22.3 Å². The van der Waals surface area contributed by atoms with Gasteiger partial charge in [-0.05, 0) is 55.1 Å². The first-order valence-corrected chi connectivity index (χ1v) is 8.90. The van der Waals surface area contributed by atoms with Crippen LogP contribution >= 0.6 is 11.3 Å². The minimum atomic E-state index is -0.00153. The van der Waals surface area contributed by atoms with Crippen molar-refractivity contribution in [2.24, 2.45) is 0 Å². The van der Waals surface area contributed by atoms with E-state index >= 15 is 0 Å². The largest absolute Gasteiger partial charge is 0.497 e. The Labute approximate surface area is 141 Å². The normalized spacial score (nSPS) is 16.2. The van der Waals surface area contributed by atoms with E-state index in [-0.39, 0.29) is 11.9 Å². The summed E-state index contributed by atoms with van der Waals surface area (Å²) in [7, 11) is 1.68. The van der Waals surface area contributed by atoms with Crippen LogP contribution in [0.1, 0.15) is 34.8 Å². The van der Waals surface area contributed by atoms with E-state index in [0.717, 1.165) is 24.4 Å². The quantitative estimate of drug-likeness (QED) is 0.883. The number of rotatable bonds is 6. The molecule has 23 heavy (non-hydrogen) atoms. The van der Waals surface area contributed by atoms with E-state index in [4.69, 9.17) is 4.74 Å². The maximum atomic E-state index is 12.2. The topological polar surface area (TPSA) is 41.6 Å². The molecule has 1 aliphatic rings. The highest BCUT2D eigenvalue weighted by atomic mass is 32.1. The molecule has 2 aromatic rings. The minimum absolute atomic E-state index is 0.00153. The maximum Gasteiger partial charge on any atom is 0.252 e. The number of methoxy groups -OCH3 is 1. The van der Waals surface area contributed by atoms with Crippen molar-refractivity contribution < 1.29 is 9.53 Å². The van der Waals surface area contributed by atoms with Gasteiger partial charge >= 0.3 is 0 Å². The summed E-state index contributed by atoms with van der Waals surface area (Å²) in [6.45, 7) is 2.77. The highest BCUT2D eigenvalue weighted by molar-refractivity contribution is 7.08. The molecule has 122 valence electrons. The first kappa shape index (κ1) is 16.0. The number of carbonyl (C=O) groups is 1. The van der Waals surface area contributed by atoms with Gasteiger partial charge in [-0.3, -0.25) is 9.69 Å². The van der Waals surface area contributed by atoms with E-state index in [1.807, 2.05) is 29.0 Å². The molecule has 1 aromatic carbocycles. The molecule has 0 radical (unpaired) electrons. The molecule has 1 aromatic heterocycles. The molecule has 2 heterocycles. The Balaban J connectivity index is 1.74. The average Bonchev–Trinajstić information content (AvgIpc) is 3.29. The summed E-state index contributed by atoms with van der Waals surface area (Å²) in [5.41, 5.74) is 1.93. The lowest BCUT2D eigenvalue weighted by molar-refractivity contribution is 0.0938. The Morgan fingerprint density at radius 3 is 2.87 bits per heavy atom. The van der Waals surface area contributed by atoms with Crippen molar-refractivity contribution in [2.45, 2.75) is 18.9 Å². The van der Waals surface area contributed by atoms with Crippen molar-refractivity contribution in [3.63, 3.8) is 0 Å². The summed E-state index contributed by atoms with van der Waals surface area (Å²) >= 11 is 1.54. The lowest BCUT2D eigenvalue weighted by atomic mass is 10.0. The average molecular weight is 330 g/mol. The highest BCUT2D eigenvalue weighted by Crippen LogP contribution is 2.27. The molecule has 0 aliphatic carbocycles. The Hall–Kier alpha value is -1.85. The number of amides is 1. The number of nitrogens with zero attached hydrogens (tertiary/aromatic N) is 1. The number of thiophene rings is 1. The van der Waals surface area contributed by atoms with E-state index in [9.17, 15) is 4.79 Å². The molecule has 1 N–H and O–H groups in total. The second-order valence-electron chi connectivity index (χ2n) is 5.76. The predicted molar refractivity (Wildman–Crippen MR) is 93.2 cm³/mol. The molecule has 3 rings (SSSR count). The molecule has 0 saturated carbocycles. The molecule has 1 fully saturated rings. The number of carbonyl (C=O) groups excluding carboxylic acids is 1. The molecule has 5 heteroatoms. The summed E-state index contributed by atoms with van der Waals surface area (Å²) in [5, 5.41) is 6.89. The molecule has 4 nitrogen and oxygen atoms in total. The first-order valence-electron chi connectivity index (χ1n) is 7.96. The number of ether oxygens (including phenoxy) is 1. The number of hydrogen-bond donors (Lipinski definition) is 1.